The number of hydrogen-bond donors (Lipinski definition) is 0. The lowest BCUT2D eigenvalue weighted by molar-refractivity contribution is 0.104. The highest BCUT2D eigenvalue weighted by Gasteiger charge is 2.16. The maximum atomic E-state index is 12.5. The van der Waals surface area contributed by atoms with E-state index in [-0.39, 0.29) is 5.78 Å². The van der Waals surface area contributed by atoms with Crippen LogP contribution < -0.4 is 4.90 Å². The fourth-order valence-corrected chi connectivity index (χ4v) is 3.12. The number of nitrogens with zero attached hydrogens (tertiary/aromatic N) is 6. The number of rotatable bonds is 5. The monoisotopic (exact) mass is 360 g/mol. The van der Waals surface area contributed by atoms with Crippen molar-refractivity contribution < 1.29 is 4.79 Å². The Kier molecular flexibility index (Phi) is 4.74. The smallest absolute Gasteiger partial charge is 0.225 e. The van der Waals surface area contributed by atoms with Crippen molar-refractivity contribution in [2.24, 2.45) is 0 Å². The van der Waals surface area contributed by atoms with E-state index in [4.69, 9.17) is 0 Å². The van der Waals surface area contributed by atoms with E-state index >= 15 is 0 Å². The van der Waals surface area contributed by atoms with Crippen LogP contribution in [0.4, 0.5) is 5.95 Å². The zero-order valence-corrected chi connectivity index (χ0v) is 15.1. The van der Waals surface area contributed by atoms with Crippen LogP contribution in [-0.2, 0) is 0 Å². The highest BCUT2D eigenvalue weighted by atomic mass is 16.1. The molecule has 1 aromatic carbocycles. The summed E-state index contributed by atoms with van der Waals surface area (Å²) in [6, 6.07) is 9.62. The van der Waals surface area contributed by atoms with Gasteiger partial charge in [0.15, 0.2) is 5.69 Å². The van der Waals surface area contributed by atoms with Crippen LogP contribution in [0, 0.1) is 6.92 Å². The molecule has 136 valence electrons. The number of allylic oxidation sites excluding steroid dienone is 1. The standard InChI is InChI=1S/C20H20N6O/c1-15-19(23-24-26(15)17-7-3-2-4-8-17)18(27)10-9-16-13-21-20(22-14-16)25-11-5-6-12-25/h2-4,7-10,13-14H,5-6,11-12H2,1H3. The van der Waals surface area contributed by atoms with Crippen LogP contribution in [0.5, 0.6) is 0 Å². The summed E-state index contributed by atoms with van der Waals surface area (Å²) in [5.41, 5.74) is 2.69. The Morgan fingerprint density at radius 1 is 1.07 bits per heavy atom. The minimum atomic E-state index is -0.196. The molecule has 7 heteroatoms. The second-order valence-electron chi connectivity index (χ2n) is 6.48. The molecular formula is C20H20N6O. The van der Waals surface area contributed by atoms with Gasteiger partial charge in [-0.2, -0.15) is 0 Å². The molecule has 0 aliphatic carbocycles. The van der Waals surface area contributed by atoms with E-state index < -0.39 is 0 Å². The molecule has 7 nitrogen and oxygen atoms in total. The molecule has 0 unspecified atom stereocenters. The minimum Gasteiger partial charge on any atom is -0.341 e. The topological polar surface area (TPSA) is 76.8 Å². The molecule has 4 rings (SSSR count). The first kappa shape index (κ1) is 17.1. The van der Waals surface area contributed by atoms with Gasteiger partial charge < -0.3 is 4.90 Å². The van der Waals surface area contributed by atoms with E-state index in [1.54, 1.807) is 23.2 Å². The third kappa shape index (κ3) is 3.62. The Morgan fingerprint density at radius 3 is 2.48 bits per heavy atom. The summed E-state index contributed by atoms with van der Waals surface area (Å²) in [7, 11) is 0. The molecule has 1 saturated heterocycles. The van der Waals surface area contributed by atoms with E-state index in [1.807, 2.05) is 37.3 Å². The summed E-state index contributed by atoms with van der Waals surface area (Å²) >= 11 is 0. The maximum Gasteiger partial charge on any atom is 0.225 e. The average Bonchev–Trinajstić information content (AvgIpc) is 3.37. The van der Waals surface area contributed by atoms with Crippen LogP contribution in [0.25, 0.3) is 11.8 Å². The lowest BCUT2D eigenvalue weighted by atomic mass is 10.2. The highest BCUT2D eigenvalue weighted by molar-refractivity contribution is 6.06. The van der Waals surface area contributed by atoms with E-state index in [9.17, 15) is 4.79 Å². The average molecular weight is 360 g/mol. The van der Waals surface area contributed by atoms with Crippen molar-refractivity contribution in [2.45, 2.75) is 19.8 Å². The van der Waals surface area contributed by atoms with Crippen molar-refractivity contribution in [1.29, 1.82) is 0 Å². The molecule has 1 aliphatic rings. The van der Waals surface area contributed by atoms with Crippen molar-refractivity contribution in [1.82, 2.24) is 25.0 Å². The zero-order valence-electron chi connectivity index (χ0n) is 15.1. The SMILES string of the molecule is Cc1c(C(=O)C=Cc2cnc(N3CCCC3)nc2)nnn1-c1ccccc1. The van der Waals surface area contributed by atoms with Gasteiger partial charge in [0, 0.05) is 31.0 Å². The molecule has 3 heterocycles. The molecule has 0 bridgehead atoms. The largest absolute Gasteiger partial charge is 0.341 e. The molecular weight excluding hydrogens is 340 g/mol. The lowest BCUT2D eigenvalue weighted by Gasteiger charge is -2.14. The maximum absolute atomic E-state index is 12.5. The fraction of sp³-hybridized carbons (Fsp3) is 0.250. The number of hydrogen-bond acceptors (Lipinski definition) is 6. The molecule has 1 fully saturated rings. The van der Waals surface area contributed by atoms with E-state index in [0.29, 0.717) is 11.4 Å². The van der Waals surface area contributed by atoms with Gasteiger partial charge in [0.25, 0.3) is 0 Å². The summed E-state index contributed by atoms with van der Waals surface area (Å²) < 4.78 is 1.66. The van der Waals surface area contributed by atoms with Crippen LogP contribution in [0.3, 0.4) is 0 Å². The second kappa shape index (κ2) is 7.49. The second-order valence-corrected chi connectivity index (χ2v) is 6.48. The summed E-state index contributed by atoms with van der Waals surface area (Å²) in [5, 5.41) is 8.14. The molecule has 2 aromatic heterocycles. The van der Waals surface area contributed by atoms with Gasteiger partial charge in [-0.05, 0) is 44.1 Å². The quantitative estimate of drug-likeness (QED) is 0.514. The number of anilines is 1. The molecule has 3 aromatic rings. The number of carbonyl (C=O) groups excluding carboxylic acids is 1. The number of para-hydroxylation sites is 1. The first-order chi connectivity index (χ1) is 13.2. The van der Waals surface area contributed by atoms with Gasteiger partial charge in [0.2, 0.25) is 11.7 Å². The Morgan fingerprint density at radius 2 is 1.78 bits per heavy atom. The third-order valence-corrected chi connectivity index (χ3v) is 4.60. The summed E-state index contributed by atoms with van der Waals surface area (Å²) in [6.45, 7) is 3.84. The number of carbonyl (C=O) groups is 1. The van der Waals surface area contributed by atoms with Gasteiger partial charge >= 0.3 is 0 Å². The van der Waals surface area contributed by atoms with E-state index in [0.717, 1.165) is 30.3 Å². The summed E-state index contributed by atoms with van der Waals surface area (Å²) in [6.07, 6.45) is 9.03. The first-order valence-electron chi connectivity index (χ1n) is 8.99. The molecule has 0 spiro atoms. The van der Waals surface area contributed by atoms with Crippen molar-refractivity contribution in [3.63, 3.8) is 0 Å². The van der Waals surface area contributed by atoms with E-state index in [2.05, 4.69) is 25.2 Å². The highest BCUT2D eigenvalue weighted by Crippen LogP contribution is 2.16. The lowest BCUT2D eigenvalue weighted by Crippen LogP contribution is -2.20. The number of aromatic nitrogens is 5. The van der Waals surface area contributed by atoms with Crippen molar-refractivity contribution in [3.05, 3.63) is 65.8 Å². The Bertz CT molecular complexity index is 956. The molecule has 1 aliphatic heterocycles. The van der Waals surface area contributed by atoms with Crippen molar-refractivity contribution >= 4 is 17.8 Å². The molecule has 0 N–H and O–H groups in total. The Labute approximate surface area is 157 Å². The van der Waals surface area contributed by atoms with Gasteiger partial charge in [0.05, 0.1) is 11.4 Å². The van der Waals surface area contributed by atoms with Gasteiger partial charge in [0.1, 0.15) is 0 Å². The Hall–Kier alpha value is -3.35. The normalized spacial score (nSPS) is 14.2. The van der Waals surface area contributed by atoms with Crippen LogP contribution in [0.2, 0.25) is 0 Å². The molecule has 0 saturated carbocycles. The number of benzene rings is 1. The minimum absolute atomic E-state index is 0.196. The first-order valence-corrected chi connectivity index (χ1v) is 8.99. The summed E-state index contributed by atoms with van der Waals surface area (Å²) in [4.78, 5) is 23.5. The Balaban J connectivity index is 1.48. The predicted molar refractivity (Wildman–Crippen MR) is 103 cm³/mol. The predicted octanol–water partition coefficient (Wildman–Crippen LogP) is 2.86. The van der Waals surface area contributed by atoms with Crippen LogP contribution in [0.1, 0.15) is 34.6 Å². The van der Waals surface area contributed by atoms with Gasteiger partial charge in [-0.15, -0.1) is 5.10 Å². The zero-order chi connectivity index (χ0) is 18.6. The fourth-order valence-electron chi connectivity index (χ4n) is 3.12. The molecule has 0 atom stereocenters. The summed E-state index contributed by atoms with van der Waals surface area (Å²) in [5.74, 6) is 0.552. The van der Waals surface area contributed by atoms with E-state index in [1.165, 1.54) is 18.9 Å². The van der Waals surface area contributed by atoms with Gasteiger partial charge in [-0.1, -0.05) is 23.4 Å². The van der Waals surface area contributed by atoms with Gasteiger partial charge in [-0.25, -0.2) is 14.6 Å². The molecule has 27 heavy (non-hydrogen) atoms. The van der Waals surface area contributed by atoms with Crippen molar-refractivity contribution in [2.75, 3.05) is 18.0 Å². The molecule has 0 amide bonds. The third-order valence-electron chi connectivity index (χ3n) is 4.60. The van der Waals surface area contributed by atoms with Crippen LogP contribution in [-0.4, -0.2) is 43.8 Å². The van der Waals surface area contributed by atoms with Crippen molar-refractivity contribution in [3.8, 4) is 5.69 Å². The number of ketones is 1. The van der Waals surface area contributed by atoms with Gasteiger partial charge in [-0.3, -0.25) is 4.79 Å². The molecule has 0 radical (unpaired) electrons. The van der Waals surface area contributed by atoms with Crippen LogP contribution >= 0.6 is 0 Å². The van der Waals surface area contributed by atoms with Crippen LogP contribution in [0.15, 0.2) is 48.8 Å².